The van der Waals surface area contributed by atoms with Crippen LogP contribution in [0.15, 0.2) is 66.7 Å². The molecule has 8 bridgehead atoms. The van der Waals surface area contributed by atoms with Gasteiger partial charge in [-0.2, -0.15) is 0 Å². The molecule has 212 valence electrons. The van der Waals surface area contributed by atoms with Crippen LogP contribution in [0.25, 0.3) is 57.5 Å². The molecule has 1 aromatic carbocycles. The second kappa shape index (κ2) is 11.8. The molecule has 3 N–H and O–H groups in total. The van der Waals surface area contributed by atoms with Crippen molar-refractivity contribution in [3.8, 4) is 16.9 Å². The van der Waals surface area contributed by atoms with E-state index in [9.17, 15) is 0 Å². The number of benzene rings is 1. The average Bonchev–Trinajstić information content (AvgIpc) is 3.80. The molecule has 0 saturated carbocycles. The number of piperazine rings is 1. The quantitative estimate of drug-likeness (QED) is 0.246. The summed E-state index contributed by atoms with van der Waals surface area (Å²) in [6.45, 7) is 6.57. The zero-order valence-corrected chi connectivity index (χ0v) is 23.5. The predicted octanol–water partition coefficient (Wildman–Crippen LogP) is 5.31. The lowest BCUT2D eigenvalue weighted by Gasteiger charge is -2.34. The van der Waals surface area contributed by atoms with Gasteiger partial charge >= 0.3 is 0 Å². The second-order valence-corrected chi connectivity index (χ2v) is 10.9. The van der Waals surface area contributed by atoms with E-state index < -0.39 is 0 Å². The molecular formula is C34H34N6O2. The fraction of sp³-hybridized carbons (Fsp3) is 0.235. The van der Waals surface area contributed by atoms with E-state index in [1.807, 2.05) is 42.5 Å². The molecule has 8 heteroatoms. The van der Waals surface area contributed by atoms with Crippen LogP contribution in [0.4, 0.5) is 0 Å². The van der Waals surface area contributed by atoms with Crippen molar-refractivity contribution in [2.75, 3.05) is 52.5 Å². The third-order valence-corrected chi connectivity index (χ3v) is 7.89. The minimum atomic E-state index is 0.227. The predicted molar refractivity (Wildman–Crippen MR) is 170 cm³/mol. The first kappa shape index (κ1) is 26.4. The number of ether oxygens (including phenoxy) is 1. The Hall–Kier alpha value is -4.50. The van der Waals surface area contributed by atoms with Gasteiger partial charge in [0.2, 0.25) is 0 Å². The Morgan fingerprint density at radius 1 is 0.643 bits per heavy atom. The van der Waals surface area contributed by atoms with Gasteiger partial charge in [-0.15, -0.1) is 0 Å². The highest BCUT2D eigenvalue weighted by Gasteiger charge is 2.16. The maximum atomic E-state index is 9.14. The van der Waals surface area contributed by atoms with E-state index in [0.29, 0.717) is 6.61 Å². The van der Waals surface area contributed by atoms with Gasteiger partial charge in [-0.25, -0.2) is 9.97 Å². The van der Waals surface area contributed by atoms with Crippen molar-refractivity contribution in [3.63, 3.8) is 0 Å². The lowest BCUT2D eigenvalue weighted by Crippen LogP contribution is -2.48. The molecule has 3 aliphatic rings. The van der Waals surface area contributed by atoms with Crippen molar-refractivity contribution in [2.45, 2.75) is 0 Å². The van der Waals surface area contributed by atoms with Gasteiger partial charge in [0.15, 0.2) is 0 Å². The van der Waals surface area contributed by atoms with E-state index in [0.717, 1.165) is 101 Å². The summed E-state index contributed by atoms with van der Waals surface area (Å²) >= 11 is 0. The maximum Gasteiger partial charge on any atom is 0.119 e. The summed E-state index contributed by atoms with van der Waals surface area (Å²) in [6.07, 6.45) is 8.15. The lowest BCUT2D eigenvalue weighted by molar-refractivity contribution is 0.102. The van der Waals surface area contributed by atoms with Crippen molar-refractivity contribution in [2.24, 2.45) is 0 Å². The van der Waals surface area contributed by atoms with Gasteiger partial charge in [0.25, 0.3) is 0 Å². The van der Waals surface area contributed by atoms with Gasteiger partial charge < -0.3 is 19.8 Å². The molecule has 3 aromatic heterocycles. The number of aliphatic hydroxyl groups excluding tert-OH is 1. The molecular weight excluding hydrogens is 524 g/mol. The number of hydrogen-bond donors (Lipinski definition) is 3. The molecule has 42 heavy (non-hydrogen) atoms. The Bertz CT molecular complexity index is 1790. The van der Waals surface area contributed by atoms with Crippen LogP contribution in [0.1, 0.15) is 22.8 Å². The van der Waals surface area contributed by atoms with Crippen molar-refractivity contribution >= 4 is 46.4 Å². The molecule has 4 aromatic rings. The van der Waals surface area contributed by atoms with Gasteiger partial charge in [-0.3, -0.25) is 9.80 Å². The zero-order valence-electron chi connectivity index (χ0n) is 23.5. The third kappa shape index (κ3) is 6.06. The Morgan fingerprint density at radius 2 is 1.21 bits per heavy atom. The van der Waals surface area contributed by atoms with Crippen LogP contribution in [0.2, 0.25) is 0 Å². The highest BCUT2D eigenvalue weighted by Crippen LogP contribution is 2.29. The summed E-state index contributed by atoms with van der Waals surface area (Å²) in [5, 5.41) is 9.14. The standard InChI is InChI=1S/C34H34N6O2/c41-17-15-39-11-13-40(14-12-39)16-18-42-32-9-1-24(2-10-32)33-22-31-21-29-6-5-27(36-29)19-25-3-4-26(35-25)20-28-7-8-30(37-28)23-34(33)38-31/h1-10,19-23,35,38,41H,11-18H2. The van der Waals surface area contributed by atoms with Crippen LogP contribution >= 0.6 is 0 Å². The van der Waals surface area contributed by atoms with E-state index in [1.54, 1.807) is 0 Å². The van der Waals surface area contributed by atoms with Crippen molar-refractivity contribution in [1.29, 1.82) is 0 Å². The zero-order chi connectivity index (χ0) is 28.3. The Kier molecular flexibility index (Phi) is 7.40. The SMILES string of the molecule is OCCN1CCN(CCOc2ccc(-c3cc4cc5nc(cc6ccc(cc7nc(cc3[nH]4)C=C7)[nH]6)C=C5)cc2)CC1. The number of fused-ring (bicyclic) bond motifs is 8. The Balaban J connectivity index is 1.15. The number of aromatic amines is 2. The first-order valence-electron chi connectivity index (χ1n) is 14.5. The molecule has 1 fully saturated rings. The van der Waals surface area contributed by atoms with E-state index in [1.165, 1.54) is 0 Å². The van der Waals surface area contributed by atoms with Crippen LogP contribution in [0.5, 0.6) is 5.75 Å². The highest BCUT2D eigenvalue weighted by atomic mass is 16.5. The number of rotatable bonds is 7. The molecule has 0 aliphatic carbocycles. The fourth-order valence-electron chi connectivity index (χ4n) is 5.66. The highest BCUT2D eigenvalue weighted by molar-refractivity contribution is 5.88. The number of H-pyrrole nitrogens is 2. The first-order chi connectivity index (χ1) is 20.7. The van der Waals surface area contributed by atoms with E-state index in [4.69, 9.17) is 19.8 Å². The molecule has 3 aliphatic heterocycles. The summed E-state index contributed by atoms with van der Waals surface area (Å²) in [7, 11) is 0. The number of hydrogen-bond acceptors (Lipinski definition) is 6. The summed E-state index contributed by atoms with van der Waals surface area (Å²) < 4.78 is 6.09. The van der Waals surface area contributed by atoms with Gasteiger partial charge in [0, 0.05) is 66.9 Å². The fourth-order valence-corrected chi connectivity index (χ4v) is 5.66. The maximum absolute atomic E-state index is 9.14. The summed E-state index contributed by atoms with van der Waals surface area (Å²) in [5.41, 5.74) is 9.79. The van der Waals surface area contributed by atoms with Crippen molar-refractivity contribution in [1.82, 2.24) is 29.7 Å². The minimum absolute atomic E-state index is 0.227. The van der Waals surface area contributed by atoms with Gasteiger partial charge in [-0.05, 0) is 84.5 Å². The normalized spacial score (nSPS) is 15.4. The second-order valence-electron chi connectivity index (χ2n) is 10.9. The number of aromatic nitrogens is 4. The van der Waals surface area contributed by atoms with Crippen molar-refractivity contribution < 1.29 is 9.84 Å². The van der Waals surface area contributed by atoms with Crippen LogP contribution < -0.4 is 4.74 Å². The average molecular weight is 559 g/mol. The van der Waals surface area contributed by atoms with E-state index >= 15 is 0 Å². The number of nitrogens with one attached hydrogen (secondary N) is 2. The molecule has 0 amide bonds. The van der Waals surface area contributed by atoms with Crippen LogP contribution in [0, 0.1) is 0 Å². The topological polar surface area (TPSA) is 93.3 Å². The molecule has 7 rings (SSSR count). The third-order valence-electron chi connectivity index (χ3n) is 7.89. The largest absolute Gasteiger partial charge is 0.492 e. The monoisotopic (exact) mass is 558 g/mol. The Morgan fingerprint density at radius 3 is 1.83 bits per heavy atom. The van der Waals surface area contributed by atoms with Crippen LogP contribution in [-0.2, 0) is 0 Å². The van der Waals surface area contributed by atoms with Crippen LogP contribution in [-0.4, -0.2) is 87.3 Å². The molecule has 6 heterocycles. The molecule has 0 atom stereocenters. The lowest BCUT2D eigenvalue weighted by atomic mass is 10.1. The summed E-state index contributed by atoms with van der Waals surface area (Å²) in [6, 6.07) is 22.9. The number of nitrogens with zero attached hydrogens (tertiary/aromatic N) is 4. The molecule has 0 spiro atoms. The molecule has 0 unspecified atom stereocenters. The first-order valence-corrected chi connectivity index (χ1v) is 14.5. The summed E-state index contributed by atoms with van der Waals surface area (Å²) in [5.74, 6) is 0.867. The van der Waals surface area contributed by atoms with Gasteiger partial charge in [-0.1, -0.05) is 12.1 Å². The Labute approximate surface area is 244 Å². The van der Waals surface area contributed by atoms with Crippen LogP contribution in [0.3, 0.4) is 0 Å². The molecule has 8 nitrogen and oxygen atoms in total. The van der Waals surface area contributed by atoms with Crippen molar-refractivity contribution in [3.05, 3.63) is 89.5 Å². The van der Waals surface area contributed by atoms with E-state index in [-0.39, 0.29) is 6.61 Å². The number of β-amino-alcohol motifs (C(OH)–C–C–N with tert-alkyl or cyclic N) is 1. The summed E-state index contributed by atoms with van der Waals surface area (Å²) in [4.78, 5) is 21.4. The molecule has 0 radical (unpaired) electrons. The number of aliphatic hydroxyl groups is 1. The van der Waals surface area contributed by atoms with Gasteiger partial charge in [0.05, 0.1) is 29.4 Å². The minimum Gasteiger partial charge on any atom is -0.492 e. The van der Waals surface area contributed by atoms with E-state index in [2.05, 4.69) is 68.3 Å². The smallest absolute Gasteiger partial charge is 0.119 e. The molecule has 1 saturated heterocycles. The van der Waals surface area contributed by atoms with Gasteiger partial charge in [0.1, 0.15) is 12.4 Å².